The molecule has 0 saturated carbocycles. The first-order valence-corrected chi connectivity index (χ1v) is 7.50. The SMILES string of the molecule is CC(C)c1cnn(I)c1CN1Cc2ncccc2C1=O. The lowest BCUT2D eigenvalue weighted by Crippen LogP contribution is -2.24. The van der Waals surface area contributed by atoms with Gasteiger partial charge in [-0.05, 0) is 23.6 Å². The topological polar surface area (TPSA) is 51.0 Å². The van der Waals surface area contributed by atoms with Gasteiger partial charge in [-0.1, -0.05) is 13.8 Å². The molecular weight excluding hydrogens is 367 g/mol. The van der Waals surface area contributed by atoms with Gasteiger partial charge in [-0.2, -0.15) is 5.10 Å². The van der Waals surface area contributed by atoms with E-state index in [2.05, 4.69) is 46.8 Å². The molecule has 0 spiro atoms. The third-order valence-electron chi connectivity index (χ3n) is 3.57. The predicted molar refractivity (Wildman–Crippen MR) is 83.5 cm³/mol. The van der Waals surface area contributed by atoms with Gasteiger partial charge in [-0.3, -0.25) is 9.78 Å². The summed E-state index contributed by atoms with van der Waals surface area (Å²) in [5.41, 5.74) is 3.86. The first kappa shape index (κ1) is 13.5. The minimum absolute atomic E-state index is 0.0559. The molecule has 0 radical (unpaired) electrons. The molecule has 0 bridgehead atoms. The zero-order valence-corrected chi connectivity index (χ0v) is 13.5. The van der Waals surface area contributed by atoms with Crippen molar-refractivity contribution >= 4 is 28.8 Å². The van der Waals surface area contributed by atoms with E-state index in [0.29, 0.717) is 19.0 Å². The van der Waals surface area contributed by atoms with Gasteiger partial charge in [0, 0.05) is 6.20 Å². The van der Waals surface area contributed by atoms with Gasteiger partial charge in [0.1, 0.15) is 0 Å². The fraction of sp³-hybridized carbons (Fsp3) is 0.357. The summed E-state index contributed by atoms with van der Waals surface area (Å²) in [7, 11) is 0. The molecule has 20 heavy (non-hydrogen) atoms. The molecule has 0 saturated heterocycles. The van der Waals surface area contributed by atoms with Crippen LogP contribution >= 0.6 is 22.9 Å². The fourth-order valence-electron chi connectivity index (χ4n) is 2.49. The number of carbonyl (C=O) groups excluding carboxylic acids is 1. The second kappa shape index (κ2) is 5.16. The Morgan fingerprint density at radius 1 is 1.45 bits per heavy atom. The Morgan fingerprint density at radius 3 is 2.95 bits per heavy atom. The molecule has 6 heteroatoms. The average molecular weight is 382 g/mol. The normalized spacial score (nSPS) is 14.2. The number of carbonyl (C=O) groups is 1. The van der Waals surface area contributed by atoms with Crippen LogP contribution in [0.4, 0.5) is 0 Å². The van der Waals surface area contributed by atoms with Crippen molar-refractivity contribution in [2.45, 2.75) is 32.9 Å². The van der Waals surface area contributed by atoms with E-state index < -0.39 is 0 Å². The molecule has 0 aliphatic carbocycles. The Bertz CT molecular complexity index is 665. The lowest BCUT2D eigenvalue weighted by atomic mass is 10.0. The van der Waals surface area contributed by atoms with E-state index >= 15 is 0 Å². The summed E-state index contributed by atoms with van der Waals surface area (Å²) in [5.74, 6) is 0.451. The summed E-state index contributed by atoms with van der Waals surface area (Å²) in [5, 5.41) is 4.30. The molecule has 1 aliphatic heterocycles. The first-order valence-electron chi connectivity index (χ1n) is 6.54. The Kier molecular flexibility index (Phi) is 3.49. The number of nitrogens with zero attached hydrogens (tertiary/aromatic N) is 4. The maximum absolute atomic E-state index is 12.4. The molecule has 0 N–H and O–H groups in total. The summed E-state index contributed by atoms with van der Waals surface area (Å²) in [6.45, 7) is 5.43. The van der Waals surface area contributed by atoms with Crippen molar-refractivity contribution in [2.24, 2.45) is 0 Å². The van der Waals surface area contributed by atoms with E-state index in [-0.39, 0.29) is 5.91 Å². The van der Waals surface area contributed by atoms with Crippen LogP contribution in [-0.2, 0) is 13.1 Å². The van der Waals surface area contributed by atoms with Gasteiger partial charge >= 0.3 is 0 Å². The fourth-order valence-corrected chi connectivity index (χ4v) is 3.04. The van der Waals surface area contributed by atoms with Gasteiger partial charge < -0.3 is 4.90 Å². The van der Waals surface area contributed by atoms with Gasteiger partial charge in [0.15, 0.2) is 0 Å². The third-order valence-corrected chi connectivity index (χ3v) is 4.40. The zero-order chi connectivity index (χ0) is 14.3. The summed E-state index contributed by atoms with van der Waals surface area (Å²) in [6, 6.07) is 3.65. The van der Waals surface area contributed by atoms with E-state index in [1.807, 2.05) is 26.1 Å². The predicted octanol–water partition coefficient (Wildman–Crippen LogP) is 2.76. The molecule has 0 unspecified atom stereocenters. The number of hydrogen-bond acceptors (Lipinski definition) is 3. The molecule has 5 nitrogen and oxygen atoms in total. The van der Waals surface area contributed by atoms with Crippen molar-refractivity contribution in [3.63, 3.8) is 0 Å². The molecule has 0 fully saturated rings. The molecule has 0 atom stereocenters. The smallest absolute Gasteiger partial charge is 0.256 e. The number of pyridine rings is 1. The second-order valence-corrected chi connectivity index (χ2v) is 6.13. The lowest BCUT2D eigenvalue weighted by molar-refractivity contribution is 0.0763. The largest absolute Gasteiger partial charge is 0.327 e. The van der Waals surface area contributed by atoms with Crippen molar-refractivity contribution in [1.29, 1.82) is 0 Å². The van der Waals surface area contributed by atoms with Crippen molar-refractivity contribution in [1.82, 2.24) is 17.9 Å². The number of rotatable bonds is 3. The van der Waals surface area contributed by atoms with Crippen LogP contribution in [0.5, 0.6) is 0 Å². The monoisotopic (exact) mass is 382 g/mol. The van der Waals surface area contributed by atoms with Crippen molar-refractivity contribution in [3.05, 3.63) is 47.0 Å². The molecule has 0 aromatic carbocycles. The molecule has 1 aliphatic rings. The van der Waals surface area contributed by atoms with Crippen LogP contribution in [0.3, 0.4) is 0 Å². The van der Waals surface area contributed by atoms with Crippen molar-refractivity contribution < 1.29 is 4.79 Å². The van der Waals surface area contributed by atoms with Crippen LogP contribution in [-0.4, -0.2) is 23.8 Å². The molecular formula is C14H15IN4O. The lowest BCUT2D eigenvalue weighted by Gasteiger charge is -2.17. The maximum Gasteiger partial charge on any atom is 0.256 e. The summed E-state index contributed by atoms with van der Waals surface area (Å²) >= 11 is 2.16. The van der Waals surface area contributed by atoms with Crippen LogP contribution in [0.2, 0.25) is 0 Å². The molecule has 1 amide bonds. The van der Waals surface area contributed by atoms with Gasteiger partial charge in [-0.25, -0.2) is 2.90 Å². The van der Waals surface area contributed by atoms with Crippen molar-refractivity contribution in [2.75, 3.05) is 0 Å². The van der Waals surface area contributed by atoms with E-state index in [4.69, 9.17) is 0 Å². The maximum atomic E-state index is 12.4. The summed E-state index contributed by atoms with van der Waals surface area (Å²) in [4.78, 5) is 18.5. The highest BCUT2D eigenvalue weighted by Crippen LogP contribution is 2.26. The highest BCUT2D eigenvalue weighted by atomic mass is 127. The Labute approximate surface area is 131 Å². The number of fused-ring (bicyclic) bond motifs is 1. The number of hydrogen-bond donors (Lipinski definition) is 0. The number of aromatic nitrogens is 3. The minimum Gasteiger partial charge on any atom is -0.327 e. The highest BCUT2D eigenvalue weighted by molar-refractivity contribution is 14.1. The highest BCUT2D eigenvalue weighted by Gasteiger charge is 2.29. The average Bonchev–Trinajstić information content (AvgIpc) is 2.93. The zero-order valence-electron chi connectivity index (χ0n) is 11.4. The third kappa shape index (κ3) is 2.21. The van der Waals surface area contributed by atoms with Crippen LogP contribution in [0.1, 0.15) is 47.1 Å². The first-order chi connectivity index (χ1) is 9.58. The summed E-state index contributed by atoms with van der Waals surface area (Å²) in [6.07, 6.45) is 3.62. The second-order valence-electron chi connectivity index (χ2n) is 5.22. The molecule has 3 rings (SSSR count). The van der Waals surface area contributed by atoms with Crippen LogP contribution in [0.15, 0.2) is 24.5 Å². The van der Waals surface area contributed by atoms with Crippen LogP contribution in [0.25, 0.3) is 0 Å². The molecule has 2 aromatic heterocycles. The van der Waals surface area contributed by atoms with Crippen LogP contribution < -0.4 is 0 Å². The van der Waals surface area contributed by atoms with Gasteiger partial charge in [0.2, 0.25) is 0 Å². The number of amides is 1. The Balaban J connectivity index is 1.88. The summed E-state index contributed by atoms with van der Waals surface area (Å²) < 4.78 is 1.83. The van der Waals surface area contributed by atoms with E-state index in [1.54, 1.807) is 6.20 Å². The molecule has 104 valence electrons. The minimum atomic E-state index is 0.0559. The van der Waals surface area contributed by atoms with Gasteiger partial charge in [0.05, 0.1) is 59.1 Å². The van der Waals surface area contributed by atoms with Crippen LogP contribution in [0, 0.1) is 0 Å². The standard InChI is InChI=1S/C14H15IN4O/c1-9(2)11-6-17-19(15)13(11)8-18-7-12-10(14(18)20)4-3-5-16-12/h3-6,9H,7-8H2,1-2H3. The van der Waals surface area contributed by atoms with E-state index in [0.717, 1.165) is 17.0 Å². The van der Waals surface area contributed by atoms with Gasteiger partial charge in [-0.15, -0.1) is 0 Å². The van der Waals surface area contributed by atoms with Gasteiger partial charge in [0.25, 0.3) is 5.91 Å². The molecule has 2 aromatic rings. The quantitative estimate of drug-likeness (QED) is 0.768. The Morgan fingerprint density at radius 2 is 2.25 bits per heavy atom. The van der Waals surface area contributed by atoms with E-state index in [1.165, 1.54) is 5.56 Å². The Hall–Kier alpha value is -1.44. The molecule has 3 heterocycles. The van der Waals surface area contributed by atoms with E-state index in [9.17, 15) is 4.79 Å². The number of halogens is 1. The van der Waals surface area contributed by atoms with Crippen molar-refractivity contribution in [3.8, 4) is 0 Å².